The fourth-order valence-electron chi connectivity index (χ4n) is 1.86. The van der Waals surface area contributed by atoms with Gasteiger partial charge in [-0.05, 0) is 32.9 Å². The summed E-state index contributed by atoms with van der Waals surface area (Å²) in [6.07, 6.45) is 3.37. The minimum absolute atomic E-state index is 0.274. The number of hydrogen-bond acceptors (Lipinski definition) is 3. The molecule has 1 rings (SSSR count). The summed E-state index contributed by atoms with van der Waals surface area (Å²) < 4.78 is 23.4. The lowest BCUT2D eigenvalue weighted by Crippen LogP contribution is -2.30. The predicted molar refractivity (Wildman–Crippen MR) is 59.1 cm³/mol. The number of sulfone groups is 1. The Morgan fingerprint density at radius 3 is 2.79 bits per heavy atom. The van der Waals surface area contributed by atoms with Crippen LogP contribution in [0.3, 0.4) is 0 Å². The Labute approximate surface area is 86.5 Å². The van der Waals surface area contributed by atoms with Crippen LogP contribution < -0.4 is 5.32 Å². The van der Waals surface area contributed by atoms with Gasteiger partial charge < -0.3 is 5.32 Å². The lowest BCUT2D eigenvalue weighted by Gasteiger charge is -2.24. The monoisotopic (exact) mass is 217 g/mol. The van der Waals surface area contributed by atoms with Gasteiger partial charge in [0.1, 0.15) is 0 Å². The summed E-state index contributed by atoms with van der Waals surface area (Å²) in [7, 11) is -1.02. The van der Waals surface area contributed by atoms with Crippen LogP contribution in [0.5, 0.6) is 0 Å². The molecular weight excluding hydrogens is 198 g/mol. The summed E-state index contributed by atoms with van der Waals surface area (Å²) in [5, 5.41) is 2.74. The van der Waals surface area contributed by atoms with Gasteiger partial charge in [-0.2, -0.15) is 0 Å². The number of hydrogen-bond donors (Lipinski definition) is 1. The van der Waals surface area contributed by atoms with Gasteiger partial charge in [0.05, 0.1) is 11.0 Å². The first-order valence-electron chi connectivity index (χ1n) is 5.12. The predicted octanol–water partition coefficient (Wildman–Crippen LogP) is 1.12. The van der Waals surface area contributed by atoms with Crippen molar-refractivity contribution in [3.05, 3.63) is 12.2 Å². The summed E-state index contributed by atoms with van der Waals surface area (Å²) in [5.41, 5.74) is 0.874. The van der Waals surface area contributed by atoms with Crippen LogP contribution in [0.25, 0.3) is 0 Å². The third-order valence-corrected chi connectivity index (χ3v) is 5.02. The second-order valence-electron chi connectivity index (χ2n) is 3.86. The minimum Gasteiger partial charge on any atom is -0.319 e. The molecule has 0 aromatic carbocycles. The zero-order chi connectivity index (χ0) is 10.6. The van der Waals surface area contributed by atoms with Crippen LogP contribution in [0.2, 0.25) is 0 Å². The second-order valence-corrected chi connectivity index (χ2v) is 6.17. The molecule has 0 saturated carbocycles. The van der Waals surface area contributed by atoms with Crippen molar-refractivity contribution in [1.82, 2.24) is 5.32 Å². The molecule has 1 heterocycles. The van der Waals surface area contributed by atoms with E-state index in [1.165, 1.54) is 0 Å². The van der Waals surface area contributed by atoms with E-state index in [4.69, 9.17) is 0 Å². The molecule has 1 N–H and O–H groups in total. The van der Waals surface area contributed by atoms with E-state index in [2.05, 4.69) is 11.9 Å². The van der Waals surface area contributed by atoms with Gasteiger partial charge in [-0.3, -0.25) is 0 Å². The highest BCUT2D eigenvalue weighted by Gasteiger charge is 2.30. The highest BCUT2D eigenvalue weighted by atomic mass is 32.2. The molecular formula is C10H19NO2S. The maximum Gasteiger partial charge on any atom is 0.156 e. The zero-order valence-corrected chi connectivity index (χ0v) is 9.57. The molecule has 0 amide bonds. The van der Waals surface area contributed by atoms with Gasteiger partial charge in [0.15, 0.2) is 9.84 Å². The Morgan fingerprint density at radius 1 is 1.50 bits per heavy atom. The smallest absolute Gasteiger partial charge is 0.156 e. The summed E-state index contributed by atoms with van der Waals surface area (Å²) in [5.74, 6) is 0.343. The highest BCUT2D eigenvalue weighted by molar-refractivity contribution is 7.92. The first-order valence-corrected chi connectivity index (χ1v) is 6.83. The molecule has 1 atom stereocenters. The summed E-state index contributed by atoms with van der Waals surface area (Å²) in [6, 6.07) is 0. The molecule has 1 aliphatic rings. The summed E-state index contributed by atoms with van der Waals surface area (Å²) in [6.45, 7) is 4.70. The van der Waals surface area contributed by atoms with E-state index in [-0.39, 0.29) is 5.25 Å². The molecule has 0 aliphatic carbocycles. The number of nitrogens with one attached hydrogen (secondary N) is 1. The topological polar surface area (TPSA) is 46.2 Å². The standard InChI is InChI=1S/C10H19NO2S/c1-9(6-7-11-2)10-5-3-4-8-14(10,12)13/h10-11H,1,3-8H2,2H3. The van der Waals surface area contributed by atoms with Gasteiger partial charge in [0.25, 0.3) is 0 Å². The molecule has 1 aliphatic heterocycles. The molecule has 4 heteroatoms. The molecule has 0 aromatic rings. The van der Waals surface area contributed by atoms with Crippen LogP contribution in [-0.2, 0) is 9.84 Å². The van der Waals surface area contributed by atoms with Crippen LogP contribution in [0.15, 0.2) is 12.2 Å². The Bertz CT molecular complexity index is 295. The maximum absolute atomic E-state index is 11.7. The van der Waals surface area contributed by atoms with Crippen molar-refractivity contribution in [2.75, 3.05) is 19.3 Å². The summed E-state index contributed by atoms with van der Waals surface area (Å²) >= 11 is 0. The van der Waals surface area contributed by atoms with Crippen molar-refractivity contribution in [1.29, 1.82) is 0 Å². The van der Waals surface area contributed by atoms with Crippen molar-refractivity contribution < 1.29 is 8.42 Å². The molecule has 1 saturated heterocycles. The van der Waals surface area contributed by atoms with E-state index in [0.717, 1.165) is 37.8 Å². The third kappa shape index (κ3) is 2.82. The average Bonchev–Trinajstić information content (AvgIpc) is 2.13. The first kappa shape index (κ1) is 11.7. The van der Waals surface area contributed by atoms with Crippen LogP contribution >= 0.6 is 0 Å². The molecule has 0 spiro atoms. The van der Waals surface area contributed by atoms with Gasteiger partial charge in [-0.25, -0.2) is 8.42 Å². The molecule has 82 valence electrons. The van der Waals surface area contributed by atoms with Crippen molar-refractivity contribution in [2.45, 2.75) is 30.9 Å². The Balaban J connectivity index is 2.61. The van der Waals surface area contributed by atoms with Gasteiger partial charge >= 0.3 is 0 Å². The number of rotatable bonds is 4. The van der Waals surface area contributed by atoms with Crippen LogP contribution in [0.4, 0.5) is 0 Å². The van der Waals surface area contributed by atoms with E-state index in [1.54, 1.807) is 0 Å². The third-order valence-electron chi connectivity index (χ3n) is 2.73. The van der Waals surface area contributed by atoms with E-state index >= 15 is 0 Å². The maximum atomic E-state index is 11.7. The second kappa shape index (κ2) is 4.94. The largest absolute Gasteiger partial charge is 0.319 e. The van der Waals surface area contributed by atoms with Crippen LogP contribution in [0, 0.1) is 0 Å². The van der Waals surface area contributed by atoms with Gasteiger partial charge in [0.2, 0.25) is 0 Å². The first-order chi connectivity index (χ1) is 6.58. The van der Waals surface area contributed by atoms with Crippen molar-refractivity contribution in [3.63, 3.8) is 0 Å². The van der Waals surface area contributed by atoms with Gasteiger partial charge in [0, 0.05) is 0 Å². The van der Waals surface area contributed by atoms with Crippen molar-refractivity contribution in [2.24, 2.45) is 0 Å². The Morgan fingerprint density at radius 2 is 2.21 bits per heavy atom. The summed E-state index contributed by atoms with van der Waals surface area (Å²) in [4.78, 5) is 0. The Hall–Kier alpha value is -0.350. The van der Waals surface area contributed by atoms with Gasteiger partial charge in [-0.1, -0.05) is 18.6 Å². The van der Waals surface area contributed by atoms with Gasteiger partial charge in [-0.15, -0.1) is 0 Å². The van der Waals surface area contributed by atoms with E-state index in [9.17, 15) is 8.42 Å². The lowest BCUT2D eigenvalue weighted by atomic mass is 10.1. The van der Waals surface area contributed by atoms with Crippen LogP contribution in [-0.4, -0.2) is 33.0 Å². The van der Waals surface area contributed by atoms with E-state index in [1.807, 2.05) is 7.05 Å². The highest BCUT2D eigenvalue weighted by Crippen LogP contribution is 2.25. The van der Waals surface area contributed by atoms with E-state index in [0.29, 0.717) is 5.75 Å². The van der Waals surface area contributed by atoms with E-state index < -0.39 is 9.84 Å². The SMILES string of the molecule is C=C(CCNC)C1CCCCS1(=O)=O. The quantitative estimate of drug-likeness (QED) is 0.718. The molecule has 1 unspecified atom stereocenters. The fraction of sp³-hybridized carbons (Fsp3) is 0.800. The molecule has 0 aromatic heterocycles. The lowest BCUT2D eigenvalue weighted by molar-refractivity contribution is 0.550. The van der Waals surface area contributed by atoms with Crippen LogP contribution in [0.1, 0.15) is 25.7 Å². The molecule has 14 heavy (non-hydrogen) atoms. The zero-order valence-electron chi connectivity index (χ0n) is 8.75. The Kier molecular flexibility index (Phi) is 4.13. The normalized spacial score (nSPS) is 25.9. The van der Waals surface area contributed by atoms with Crippen molar-refractivity contribution >= 4 is 9.84 Å². The fourth-order valence-corrected chi connectivity index (χ4v) is 3.90. The molecule has 0 radical (unpaired) electrons. The van der Waals surface area contributed by atoms with Crippen molar-refractivity contribution in [3.8, 4) is 0 Å². The minimum atomic E-state index is -2.88. The molecule has 3 nitrogen and oxygen atoms in total. The average molecular weight is 217 g/mol. The molecule has 0 bridgehead atoms. The molecule has 1 fully saturated rings.